The van der Waals surface area contributed by atoms with Crippen LogP contribution in [0.3, 0.4) is 0 Å². The zero-order chi connectivity index (χ0) is 14.4. The van der Waals surface area contributed by atoms with Gasteiger partial charge in [-0.15, -0.1) is 0 Å². The molecule has 1 nitrogen and oxygen atoms in total. The van der Waals surface area contributed by atoms with Crippen molar-refractivity contribution in [2.45, 2.75) is 0 Å². The van der Waals surface area contributed by atoms with E-state index >= 15 is 0 Å². The fourth-order valence-corrected chi connectivity index (χ4v) is 1.82. The van der Waals surface area contributed by atoms with Gasteiger partial charge in [0.1, 0.15) is 5.82 Å². The SMILES string of the molecule is FC(=S)N(CC#Cc1ccccc1)c1ccccc1F. The number of nitrogens with zero attached hydrogens (tertiary/aromatic N) is 1. The maximum atomic E-state index is 13.6. The van der Waals surface area contributed by atoms with E-state index in [4.69, 9.17) is 0 Å². The molecule has 2 aromatic carbocycles. The van der Waals surface area contributed by atoms with E-state index in [0.717, 1.165) is 10.5 Å². The second-order valence-electron chi connectivity index (χ2n) is 3.96. The van der Waals surface area contributed by atoms with E-state index in [1.165, 1.54) is 18.2 Å². The van der Waals surface area contributed by atoms with Gasteiger partial charge in [-0.1, -0.05) is 42.2 Å². The minimum Gasteiger partial charge on any atom is -0.294 e. The summed E-state index contributed by atoms with van der Waals surface area (Å²) in [7, 11) is 0. The molecule has 0 bridgehead atoms. The maximum Gasteiger partial charge on any atom is 0.260 e. The van der Waals surface area contributed by atoms with Crippen LogP contribution in [0.2, 0.25) is 0 Å². The summed E-state index contributed by atoms with van der Waals surface area (Å²) in [5.41, 5.74) is 0.896. The molecule has 4 heteroatoms. The molecule has 2 aromatic rings. The Kier molecular flexibility index (Phi) is 4.80. The summed E-state index contributed by atoms with van der Waals surface area (Å²) in [6.45, 7) is -0.00877. The minimum atomic E-state index is -0.905. The van der Waals surface area contributed by atoms with Gasteiger partial charge in [-0.3, -0.25) is 4.90 Å². The number of rotatable bonds is 2. The normalized spacial score (nSPS) is 9.50. The molecular formula is C16H11F2NS. The van der Waals surface area contributed by atoms with Crippen LogP contribution >= 0.6 is 12.2 Å². The van der Waals surface area contributed by atoms with Crippen molar-refractivity contribution in [2.24, 2.45) is 0 Å². The highest BCUT2D eigenvalue weighted by Crippen LogP contribution is 2.19. The summed E-state index contributed by atoms with van der Waals surface area (Å²) in [6, 6.07) is 15.2. The quantitative estimate of drug-likeness (QED) is 0.356. The lowest BCUT2D eigenvalue weighted by molar-refractivity contribution is 0.625. The first-order valence-corrected chi connectivity index (χ1v) is 6.35. The Morgan fingerprint density at radius 1 is 1.05 bits per heavy atom. The van der Waals surface area contributed by atoms with Gasteiger partial charge in [-0.25, -0.2) is 4.39 Å². The largest absolute Gasteiger partial charge is 0.294 e. The molecule has 0 saturated heterocycles. The van der Waals surface area contributed by atoms with E-state index in [0.29, 0.717) is 0 Å². The van der Waals surface area contributed by atoms with Gasteiger partial charge in [0.15, 0.2) is 0 Å². The third-order valence-corrected chi connectivity index (χ3v) is 2.82. The molecule has 0 aliphatic heterocycles. The monoisotopic (exact) mass is 287 g/mol. The van der Waals surface area contributed by atoms with E-state index in [-0.39, 0.29) is 12.2 Å². The van der Waals surface area contributed by atoms with Crippen LogP contribution in [-0.4, -0.2) is 11.8 Å². The molecular weight excluding hydrogens is 276 g/mol. The molecule has 0 aromatic heterocycles. The van der Waals surface area contributed by atoms with Crippen LogP contribution in [0.4, 0.5) is 14.5 Å². The standard InChI is InChI=1S/C16H11F2NS/c17-14-10-4-5-11-15(14)19(16(18)20)12-6-9-13-7-2-1-3-8-13/h1-5,7-8,10-11H,12H2. The van der Waals surface area contributed by atoms with Crippen LogP contribution in [0.25, 0.3) is 0 Å². The van der Waals surface area contributed by atoms with E-state index < -0.39 is 11.1 Å². The molecule has 0 unspecified atom stereocenters. The predicted octanol–water partition coefficient (Wildman–Crippen LogP) is 3.94. The maximum absolute atomic E-state index is 13.6. The highest BCUT2D eigenvalue weighted by Gasteiger charge is 2.13. The van der Waals surface area contributed by atoms with E-state index in [9.17, 15) is 8.78 Å². The lowest BCUT2D eigenvalue weighted by atomic mass is 10.2. The Morgan fingerprint density at radius 2 is 1.70 bits per heavy atom. The number of hydrogen-bond acceptors (Lipinski definition) is 1. The minimum absolute atomic E-state index is 0.00877. The van der Waals surface area contributed by atoms with Crippen molar-refractivity contribution in [2.75, 3.05) is 11.4 Å². The molecule has 0 fully saturated rings. The van der Waals surface area contributed by atoms with Gasteiger partial charge in [-0.2, -0.15) is 4.39 Å². The van der Waals surface area contributed by atoms with Gasteiger partial charge in [0.2, 0.25) is 0 Å². The smallest absolute Gasteiger partial charge is 0.260 e. The number of anilines is 1. The summed E-state index contributed by atoms with van der Waals surface area (Å²) in [5, 5.41) is -0.905. The van der Waals surface area contributed by atoms with Crippen LogP contribution in [0.5, 0.6) is 0 Å². The molecule has 0 saturated carbocycles. The summed E-state index contributed by atoms with van der Waals surface area (Å²) >= 11 is 4.51. The summed E-state index contributed by atoms with van der Waals surface area (Å²) in [4.78, 5) is 1.03. The Labute approximate surface area is 121 Å². The summed E-state index contributed by atoms with van der Waals surface area (Å²) < 4.78 is 27.0. The Hall–Kier alpha value is -2.25. The van der Waals surface area contributed by atoms with Crippen LogP contribution in [0.1, 0.15) is 5.56 Å². The number of para-hydroxylation sites is 1. The molecule has 100 valence electrons. The van der Waals surface area contributed by atoms with Crippen molar-refractivity contribution in [1.82, 2.24) is 0 Å². The zero-order valence-corrected chi connectivity index (χ0v) is 11.3. The van der Waals surface area contributed by atoms with Gasteiger partial charge in [0.05, 0.1) is 12.2 Å². The van der Waals surface area contributed by atoms with E-state index in [1.54, 1.807) is 6.07 Å². The van der Waals surface area contributed by atoms with Crippen molar-refractivity contribution in [3.63, 3.8) is 0 Å². The number of halogens is 2. The van der Waals surface area contributed by atoms with Gasteiger partial charge in [-0.05, 0) is 36.5 Å². The average molecular weight is 287 g/mol. The Bertz CT molecular complexity index is 659. The number of hydrogen-bond donors (Lipinski definition) is 0. The second kappa shape index (κ2) is 6.78. The topological polar surface area (TPSA) is 3.24 Å². The highest BCUT2D eigenvalue weighted by atomic mass is 32.1. The van der Waals surface area contributed by atoms with Crippen LogP contribution in [-0.2, 0) is 0 Å². The van der Waals surface area contributed by atoms with Gasteiger partial charge in [0, 0.05) is 5.56 Å². The average Bonchev–Trinajstić information content (AvgIpc) is 2.45. The molecule has 0 aliphatic rings. The van der Waals surface area contributed by atoms with Crippen LogP contribution < -0.4 is 4.90 Å². The molecule has 0 N–H and O–H groups in total. The van der Waals surface area contributed by atoms with Gasteiger partial charge >= 0.3 is 0 Å². The highest BCUT2D eigenvalue weighted by molar-refractivity contribution is 7.80. The molecule has 0 aliphatic carbocycles. The Morgan fingerprint density at radius 3 is 2.35 bits per heavy atom. The fraction of sp³-hybridized carbons (Fsp3) is 0.0625. The van der Waals surface area contributed by atoms with Gasteiger partial charge in [0.25, 0.3) is 5.24 Å². The first kappa shape index (κ1) is 14.2. The molecule has 2 rings (SSSR count). The second-order valence-corrected chi connectivity index (χ2v) is 4.30. The van der Waals surface area contributed by atoms with Crippen LogP contribution in [0, 0.1) is 17.7 Å². The number of benzene rings is 2. The first-order chi connectivity index (χ1) is 9.68. The van der Waals surface area contributed by atoms with Crippen molar-refractivity contribution >= 4 is 23.1 Å². The first-order valence-electron chi connectivity index (χ1n) is 5.94. The van der Waals surface area contributed by atoms with Crippen molar-refractivity contribution in [1.29, 1.82) is 0 Å². The molecule has 0 radical (unpaired) electrons. The molecule has 0 spiro atoms. The molecule has 20 heavy (non-hydrogen) atoms. The van der Waals surface area contributed by atoms with Crippen molar-refractivity contribution < 1.29 is 8.78 Å². The van der Waals surface area contributed by atoms with Gasteiger partial charge < -0.3 is 0 Å². The lowest BCUT2D eigenvalue weighted by Gasteiger charge is -2.18. The summed E-state index contributed by atoms with van der Waals surface area (Å²) in [6.07, 6.45) is 0. The predicted molar refractivity (Wildman–Crippen MR) is 80.8 cm³/mol. The Balaban J connectivity index is 2.18. The van der Waals surface area contributed by atoms with Crippen molar-refractivity contribution in [3.05, 3.63) is 66.0 Å². The zero-order valence-electron chi connectivity index (χ0n) is 10.5. The third kappa shape index (κ3) is 3.62. The lowest BCUT2D eigenvalue weighted by Crippen LogP contribution is -2.27. The molecule has 0 heterocycles. The molecule has 0 amide bonds. The fourth-order valence-electron chi connectivity index (χ4n) is 1.65. The summed E-state index contributed by atoms with van der Waals surface area (Å²) in [5.74, 6) is 5.14. The van der Waals surface area contributed by atoms with Crippen LogP contribution in [0.15, 0.2) is 54.6 Å². The van der Waals surface area contributed by atoms with E-state index in [2.05, 4.69) is 24.1 Å². The van der Waals surface area contributed by atoms with E-state index in [1.807, 2.05) is 30.3 Å². The number of thiocarbonyl (C=S) groups is 1. The van der Waals surface area contributed by atoms with Crippen molar-refractivity contribution in [3.8, 4) is 11.8 Å². The molecule has 0 atom stereocenters. The third-order valence-electron chi connectivity index (χ3n) is 2.60.